The molecule has 0 amide bonds. The van der Waals surface area contributed by atoms with Crippen LogP contribution in [0.25, 0.3) is 0 Å². The molecule has 0 radical (unpaired) electrons. The zero-order chi connectivity index (χ0) is 21.1. The highest BCUT2D eigenvalue weighted by molar-refractivity contribution is 7.91. The van der Waals surface area contributed by atoms with E-state index in [1.165, 1.54) is 12.1 Å². The average Bonchev–Trinajstić information content (AvgIpc) is 2.69. The predicted octanol–water partition coefficient (Wildman–Crippen LogP) is 2.10. The van der Waals surface area contributed by atoms with E-state index in [0.717, 1.165) is 17.9 Å². The first-order valence-corrected chi connectivity index (χ1v) is 12.8. The van der Waals surface area contributed by atoms with Gasteiger partial charge < -0.3 is 4.74 Å². The van der Waals surface area contributed by atoms with Crippen LogP contribution < -0.4 is 4.72 Å². The summed E-state index contributed by atoms with van der Waals surface area (Å²) in [5, 5.41) is -0.0347. The minimum atomic E-state index is -4.02. The number of halogens is 1. The average molecular weight is 459 g/mol. The molecule has 2 aromatic carbocycles. The van der Waals surface area contributed by atoms with E-state index in [0.29, 0.717) is 26.3 Å². The third-order valence-corrected chi connectivity index (χ3v) is 7.77. The topological polar surface area (TPSA) is 92.8 Å². The van der Waals surface area contributed by atoms with Gasteiger partial charge in [-0.05, 0) is 23.8 Å². The maximum Gasteiger partial charge on any atom is 0.242 e. The number of benzene rings is 2. The van der Waals surface area contributed by atoms with Crippen molar-refractivity contribution in [2.45, 2.75) is 15.8 Å². The molecule has 0 bridgehead atoms. The summed E-state index contributed by atoms with van der Waals surface area (Å²) in [6.07, 6.45) is 1.02. The van der Waals surface area contributed by atoms with Crippen LogP contribution in [0.5, 0.6) is 0 Å². The number of nitrogens with zero attached hydrogens (tertiary/aromatic N) is 1. The highest BCUT2D eigenvalue weighted by atomic mass is 35.5. The Morgan fingerprint density at radius 1 is 1.07 bits per heavy atom. The van der Waals surface area contributed by atoms with Crippen LogP contribution in [0.4, 0.5) is 0 Å². The Balaban J connectivity index is 1.87. The molecule has 1 atom stereocenters. The molecular formula is C19H23ClN2O5S2. The third kappa shape index (κ3) is 5.56. The second kappa shape index (κ2) is 9.11. The van der Waals surface area contributed by atoms with E-state index >= 15 is 0 Å². The monoisotopic (exact) mass is 458 g/mol. The van der Waals surface area contributed by atoms with Crippen molar-refractivity contribution in [3.8, 4) is 0 Å². The van der Waals surface area contributed by atoms with E-state index in [4.69, 9.17) is 16.3 Å². The van der Waals surface area contributed by atoms with E-state index in [1.54, 1.807) is 0 Å². The van der Waals surface area contributed by atoms with E-state index in [9.17, 15) is 16.8 Å². The molecule has 1 heterocycles. The number of morpholine rings is 1. The Labute approximate surface area is 176 Å². The van der Waals surface area contributed by atoms with Crippen LogP contribution >= 0.6 is 11.6 Å². The molecule has 0 saturated carbocycles. The Morgan fingerprint density at radius 2 is 1.72 bits per heavy atom. The summed E-state index contributed by atoms with van der Waals surface area (Å²) in [5.41, 5.74) is 0.980. The van der Waals surface area contributed by atoms with Gasteiger partial charge in [-0.25, -0.2) is 21.6 Å². The van der Waals surface area contributed by atoms with Gasteiger partial charge in [0, 0.05) is 31.9 Å². The smallest absolute Gasteiger partial charge is 0.242 e. The quantitative estimate of drug-likeness (QED) is 0.683. The zero-order valence-corrected chi connectivity index (χ0v) is 18.3. The largest absolute Gasteiger partial charge is 0.379 e. The molecule has 1 saturated heterocycles. The lowest BCUT2D eigenvalue weighted by atomic mass is 10.1. The molecule has 10 heteroatoms. The van der Waals surface area contributed by atoms with Crippen LogP contribution in [-0.4, -0.2) is 60.8 Å². The minimum Gasteiger partial charge on any atom is -0.379 e. The van der Waals surface area contributed by atoms with E-state index in [-0.39, 0.29) is 27.4 Å². The summed E-state index contributed by atoms with van der Waals surface area (Å²) in [6, 6.07) is 13.1. The molecule has 29 heavy (non-hydrogen) atoms. The summed E-state index contributed by atoms with van der Waals surface area (Å²) in [4.78, 5) is 1.81. The summed E-state index contributed by atoms with van der Waals surface area (Å²) in [7, 11) is -7.59. The van der Waals surface area contributed by atoms with E-state index in [2.05, 4.69) is 9.62 Å². The van der Waals surface area contributed by atoms with Gasteiger partial charge in [0.05, 0.1) is 23.1 Å². The van der Waals surface area contributed by atoms with Crippen molar-refractivity contribution in [2.75, 3.05) is 39.1 Å². The zero-order valence-electron chi connectivity index (χ0n) is 15.9. The standard InChI is InChI=1S/C19H23ClN2O5S2/c1-28(23,24)16-7-8-17(20)19(13-16)29(25,26)21-14-18(15-5-3-2-4-6-15)22-9-11-27-12-10-22/h2-8,13,18,21H,9-12,14H2,1H3. The fourth-order valence-corrected chi connectivity index (χ4v) is 5.49. The van der Waals surface area contributed by atoms with Crippen LogP contribution in [-0.2, 0) is 24.6 Å². The van der Waals surface area contributed by atoms with Gasteiger partial charge in [-0.1, -0.05) is 41.9 Å². The summed E-state index contributed by atoms with van der Waals surface area (Å²) in [5.74, 6) is 0. The van der Waals surface area contributed by atoms with Crippen LogP contribution in [0.1, 0.15) is 11.6 Å². The molecule has 2 aromatic rings. The molecule has 0 aliphatic carbocycles. The van der Waals surface area contributed by atoms with Crippen molar-refractivity contribution in [1.82, 2.24) is 9.62 Å². The van der Waals surface area contributed by atoms with Crippen molar-refractivity contribution >= 4 is 31.5 Å². The van der Waals surface area contributed by atoms with Crippen molar-refractivity contribution < 1.29 is 21.6 Å². The lowest BCUT2D eigenvalue weighted by Crippen LogP contribution is -2.43. The van der Waals surface area contributed by atoms with Crippen molar-refractivity contribution in [1.29, 1.82) is 0 Å². The number of ether oxygens (including phenoxy) is 1. The first-order valence-electron chi connectivity index (χ1n) is 9.04. The Kier molecular flexibility index (Phi) is 6.98. The summed E-state index contributed by atoms with van der Waals surface area (Å²) >= 11 is 6.07. The number of hydrogen-bond donors (Lipinski definition) is 1. The second-order valence-electron chi connectivity index (χ2n) is 6.79. The Morgan fingerprint density at radius 3 is 2.34 bits per heavy atom. The van der Waals surface area contributed by atoms with Crippen LogP contribution in [0.3, 0.4) is 0 Å². The van der Waals surface area contributed by atoms with Gasteiger partial charge in [0.25, 0.3) is 0 Å². The number of sulfone groups is 1. The van der Waals surface area contributed by atoms with Gasteiger partial charge in [-0.15, -0.1) is 0 Å². The maximum absolute atomic E-state index is 12.9. The van der Waals surface area contributed by atoms with E-state index in [1.807, 2.05) is 30.3 Å². The minimum absolute atomic E-state index is 0.0347. The Hall–Kier alpha value is -1.49. The number of sulfonamides is 1. The lowest BCUT2D eigenvalue weighted by molar-refractivity contribution is 0.0172. The van der Waals surface area contributed by atoms with Crippen molar-refractivity contribution in [3.05, 3.63) is 59.1 Å². The first-order chi connectivity index (χ1) is 13.7. The number of rotatable bonds is 7. The van der Waals surface area contributed by atoms with Crippen LogP contribution in [0.2, 0.25) is 5.02 Å². The van der Waals surface area contributed by atoms with Crippen molar-refractivity contribution in [2.24, 2.45) is 0 Å². The van der Waals surface area contributed by atoms with Gasteiger partial charge in [-0.2, -0.15) is 0 Å². The molecule has 3 rings (SSSR count). The molecule has 1 aliphatic rings. The predicted molar refractivity (Wildman–Crippen MR) is 111 cm³/mol. The Bertz CT molecular complexity index is 1050. The fourth-order valence-electron chi connectivity index (χ4n) is 3.21. The van der Waals surface area contributed by atoms with Crippen molar-refractivity contribution in [3.63, 3.8) is 0 Å². The first kappa shape index (κ1) is 22.2. The molecule has 1 unspecified atom stereocenters. The number of nitrogens with one attached hydrogen (secondary N) is 1. The normalized spacial score (nSPS) is 17.2. The SMILES string of the molecule is CS(=O)(=O)c1ccc(Cl)c(S(=O)(=O)NCC(c2ccccc2)N2CCOCC2)c1. The lowest BCUT2D eigenvalue weighted by Gasteiger charge is -2.34. The fraction of sp³-hybridized carbons (Fsp3) is 0.368. The van der Waals surface area contributed by atoms with Gasteiger partial charge >= 0.3 is 0 Å². The number of hydrogen-bond acceptors (Lipinski definition) is 6. The molecule has 158 valence electrons. The summed E-state index contributed by atoms with van der Waals surface area (Å²) in [6.45, 7) is 2.65. The molecule has 1 fully saturated rings. The molecular weight excluding hydrogens is 436 g/mol. The molecule has 7 nitrogen and oxygen atoms in total. The third-order valence-electron chi connectivity index (χ3n) is 4.76. The second-order valence-corrected chi connectivity index (χ2v) is 10.9. The van der Waals surface area contributed by atoms with Gasteiger partial charge in [0.15, 0.2) is 9.84 Å². The molecule has 0 aromatic heterocycles. The van der Waals surface area contributed by atoms with E-state index < -0.39 is 19.9 Å². The highest BCUT2D eigenvalue weighted by Crippen LogP contribution is 2.26. The highest BCUT2D eigenvalue weighted by Gasteiger charge is 2.26. The van der Waals surface area contributed by atoms with Gasteiger partial charge in [-0.3, -0.25) is 4.90 Å². The molecule has 1 aliphatic heterocycles. The summed E-state index contributed by atoms with van der Waals surface area (Å²) < 4.78 is 57.5. The molecule has 1 N–H and O–H groups in total. The van der Waals surface area contributed by atoms with Gasteiger partial charge in [0.1, 0.15) is 4.90 Å². The van der Waals surface area contributed by atoms with Gasteiger partial charge in [0.2, 0.25) is 10.0 Å². The van der Waals surface area contributed by atoms with Crippen LogP contribution in [0.15, 0.2) is 58.3 Å². The van der Waals surface area contributed by atoms with Crippen LogP contribution in [0, 0.1) is 0 Å². The molecule has 0 spiro atoms. The maximum atomic E-state index is 12.9.